The molecule has 0 aliphatic carbocycles. The summed E-state index contributed by atoms with van der Waals surface area (Å²) in [6.07, 6.45) is 2.37. The first-order chi connectivity index (χ1) is 16.7. The molecule has 4 rings (SSSR count). The van der Waals surface area contributed by atoms with Gasteiger partial charge < -0.3 is 15.2 Å². The average molecular weight is 492 g/mol. The predicted octanol–water partition coefficient (Wildman–Crippen LogP) is 4.97. The van der Waals surface area contributed by atoms with Gasteiger partial charge in [0.25, 0.3) is 5.56 Å². The molecule has 8 nitrogen and oxygen atoms in total. The SMILES string of the molecule is CC(C)(O)CCc1nn(Cc2ccc(Cl)cc2)c(Nc2ccc(Oc3ccccn3)cc2)nc1=O. The number of hydrogen-bond acceptors (Lipinski definition) is 7. The smallest absolute Gasteiger partial charge is 0.296 e. The third-order valence-corrected chi connectivity index (χ3v) is 5.38. The monoisotopic (exact) mass is 491 g/mol. The van der Waals surface area contributed by atoms with E-state index in [2.05, 4.69) is 20.4 Å². The highest BCUT2D eigenvalue weighted by Gasteiger charge is 2.17. The van der Waals surface area contributed by atoms with Crippen LogP contribution in [0.15, 0.2) is 77.7 Å². The van der Waals surface area contributed by atoms with Crippen LogP contribution in [0.3, 0.4) is 0 Å². The second kappa shape index (κ2) is 10.7. The van der Waals surface area contributed by atoms with Gasteiger partial charge in [0, 0.05) is 23.0 Å². The van der Waals surface area contributed by atoms with Crippen LogP contribution < -0.4 is 15.6 Å². The molecule has 2 aromatic carbocycles. The van der Waals surface area contributed by atoms with Crippen molar-refractivity contribution in [3.05, 3.63) is 99.6 Å². The first kappa shape index (κ1) is 24.4. The van der Waals surface area contributed by atoms with Gasteiger partial charge in [-0.2, -0.15) is 10.1 Å². The second-order valence-electron chi connectivity index (χ2n) is 8.70. The third kappa shape index (κ3) is 7.11. The average Bonchev–Trinajstić information content (AvgIpc) is 2.82. The molecular weight excluding hydrogens is 466 g/mol. The summed E-state index contributed by atoms with van der Waals surface area (Å²) in [5, 5.41) is 18.4. The topological polar surface area (TPSA) is 102 Å². The first-order valence-electron chi connectivity index (χ1n) is 11.2. The largest absolute Gasteiger partial charge is 0.439 e. The van der Waals surface area contributed by atoms with Gasteiger partial charge in [0.1, 0.15) is 11.4 Å². The van der Waals surface area contributed by atoms with Crippen LogP contribution in [0.5, 0.6) is 11.6 Å². The van der Waals surface area contributed by atoms with Gasteiger partial charge in [0.15, 0.2) is 0 Å². The van der Waals surface area contributed by atoms with Gasteiger partial charge >= 0.3 is 0 Å². The molecule has 2 aromatic heterocycles. The van der Waals surface area contributed by atoms with Crippen LogP contribution in [0.1, 0.15) is 31.5 Å². The standard InChI is InChI=1S/C26H26ClN5O3/c1-26(2,34)15-14-22-24(33)30-25(32(31-22)17-18-6-8-19(27)9-7-18)29-20-10-12-21(13-11-20)35-23-5-3-4-16-28-23/h3-13,16,34H,14-15,17H2,1-2H3,(H,29,30,33). The number of aryl methyl sites for hydroxylation is 1. The van der Waals surface area contributed by atoms with Gasteiger partial charge in [-0.05, 0) is 74.7 Å². The number of ether oxygens (including phenoxy) is 1. The summed E-state index contributed by atoms with van der Waals surface area (Å²) in [5.41, 5.74) is 0.611. The van der Waals surface area contributed by atoms with Gasteiger partial charge in [0.2, 0.25) is 11.8 Å². The van der Waals surface area contributed by atoms with E-state index in [-0.39, 0.29) is 0 Å². The van der Waals surface area contributed by atoms with E-state index < -0.39 is 11.2 Å². The van der Waals surface area contributed by atoms with Gasteiger partial charge in [-0.1, -0.05) is 29.8 Å². The quantitative estimate of drug-likeness (QED) is 0.340. The number of nitrogens with zero attached hydrogens (tertiary/aromatic N) is 4. The molecule has 2 heterocycles. The minimum absolute atomic E-state index is 0.297. The molecule has 0 aliphatic rings. The Kier molecular flexibility index (Phi) is 7.43. The lowest BCUT2D eigenvalue weighted by Gasteiger charge is -2.18. The lowest BCUT2D eigenvalue weighted by atomic mass is 10.0. The molecular formula is C26H26ClN5O3. The number of hydrogen-bond donors (Lipinski definition) is 2. The van der Waals surface area contributed by atoms with Crippen molar-refractivity contribution in [2.45, 2.75) is 38.8 Å². The summed E-state index contributed by atoms with van der Waals surface area (Å²) < 4.78 is 7.37. The number of halogens is 1. The molecule has 0 amide bonds. The van der Waals surface area contributed by atoms with E-state index in [1.807, 2.05) is 36.4 Å². The van der Waals surface area contributed by atoms with Gasteiger partial charge in [-0.3, -0.25) is 4.79 Å². The molecule has 0 saturated carbocycles. The summed E-state index contributed by atoms with van der Waals surface area (Å²) in [6, 6.07) is 20.1. The zero-order valence-corrected chi connectivity index (χ0v) is 20.2. The summed E-state index contributed by atoms with van der Waals surface area (Å²) in [7, 11) is 0. The lowest BCUT2D eigenvalue weighted by molar-refractivity contribution is 0.0709. The Morgan fingerprint density at radius 2 is 1.80 bits per heavy atom. The molecule has 9 heteroatoms. The molecule has 2 N–H and O–H groups in total. The molecule has 0 radical (unpaired) electrons. The van der Waals surface area contributed by atoms with Crippen molar-refractivity contribution in [2.24, 2.45) is 0 Å². The Balaban J connectivity index is 1.58. The van der Waals surface area contributed by atoms with Crippen molar-refractivity contribution in [1.82, 2.24) is 19.7 Å². The van der Waals surface area contributed by atoms with Crippen LogP contribution in [-0.2, 0) is 13.0 Å². The van der Waals surface area contributed by atoms with Crippen LogP contribution in [0.25, 0.3) is 0 Å². The fourth-order valence-electron chi connectivity index (χ4n) is 3.26. The van der Waals surface area contributed by atoms with Crippen LogP contribution in [0.2, 0.25) is 5.02 Å². The minimum atomic E-state index is -0.912. The van der Waals surface area contributed by atoms with E-state index in [9.17, 15) is 9.90 Å². The molecule has 0 bridgehead atoms. The molecule has 0 saturated heterocycles. The van der Waals surface area contributed by atoms with Gasteiger partial charge in [-0.25, -0.2) is 9.67 Å². The molecule has 0 atom stereocenters. The zero-order chi connectivity index (χ0) is 24.8. The van der Waals surface area contributed by atoms with Crippen molar-refractivity contribution < 1.29 is 9.84 Å². The maximum atomic E-state index is 12.7. The van der Waals surface area contributed by atoms with Crippen LogP contribution >= 0.6 is 11.6 Å². The van der Waals surface area contributed by atoms with Crippen molar-refractivity contribution in [2.75, 3.05) is 5.32 Å². The number of anilines is 2. The maximum Gasteiger partial charge on any atom is 0.296 e. The molecule has 4 aromatic rings. The highest BCUT2D eigenvalue weighted by molar-refractivity contribution is 6.30. The van der Waals surface area contributed by atoms with E-state index in [1.165, 1.54) is 0 Å². The van der Waals surface area contributed by atoms with Crippen molar-refractivity contribution >= 4 is 23.2 Å². The van der Waals surface area contributed by atoms with Crippen LogP contribution in [-0.4, -0.2) is 30.5 Å². The third-order valence-electron chi connectivity index (χ3n) is 5.13. The van der Waals surface area contributed by atoms with Crippen molar-refractivity contribution in [3.63, 3.8) is 0 Å². The van der Waals surface area contributed by atoms with E-state index >= 15 is 0 Å². The Labute approximate surface area is 208 Å². The Morgan fingerprint density at radius 3 is 2.46 bits per heavy atom. The number of aromatic nitrogens is 4. The van der Waals surface area contributed by atoms with Gasteiger partial charge in [-0.15, -0.1) is 0 Å². The molecule has 35 heavy (non-hydrogen) atoms. The highest BCUT2D eigenvalue weighted by atomic mass is 35.5. The summed E-state index contributed by atoms with van der Waals surface area (Å²) in [5.74, 6) is 1.42. The summed E-state index contributed by atoms with van der Waals surface area (Å²) in [4.78, 5) is 21.1. The summed E-state index contributed by atoms with van der Waals surface area (Å²) >= 11 is 6.02. The molecule has 0 unspecified atom stereocenters. The first-order valence-corrected chi connectivity index (χ1v) is 11.5. The normalized spacial score (nSPS) is 11.3. The Morgan fingerprint density at radius 1 is 1.06 bits per heavy atom. The molecule has 0 aliphatic heterocycles. The lowest BCUT2D eigenvalue weighted by Crippen LogP contribution is -2.27. The minimum Gasteiger partial charge on any atom is -0.439 e. The molecule has 0 fully saturated rings. The van der Waals surface area contributed by atoms with E-state index in [0.717, 1.165) is 5.56 Å². The number of rotatable bonds is 9. The van der Waals surface area contributed by atoms with E-state index in [0.29, 0.717) is 53.4 Å². The fourth-order valence-corrected chi connectivity index (χ4v) is 3.39. The second-order valence-corrected chi connectivity index (χ2v) is 9.14. The number of aliphatic hydroxyl groups is 1. The Hall–Kier alpha value is -3.75. The van der Waals surface area contributed by atoms with E-state index in [1.54, 1.807) is 55.1 Å². The van der Waals surface area contributed by atoms with Crippen molar-refractivity contribution in [3.8, 4) is 11.6 Å². The van der Waals surface area contributed by atoms with Crippen LogP contribution in [0.4, 0.5) is 11.6 Å². The highest BCUT2D eigenvalue weighted by Crippen LogP contribution is 2.23. The van der Waals surface area contributed by atoms with Crippen LogP contribution in [0, 0.1) is 0 Å². The summed E-state index contributed by atoms with van der Waals surface area (Å²) in [6.45, 7) is 3.77. The zero-order valence-electron chi connectivity index (χ0n) is 19.5. The van der Waals surface area contributed by atoms with E-state index in [4.69, 9.17) is 16.3 Å². The van der Waals surface area contributed by atoms with Crippen molar-refractivity contribution in [1.29, 1.82) is 0 Å². The Bertz CT molecular complexity index is 1320. The molecule has 180 valence electrons. The van der Waals surface area contributed by atoms with Gasteiger partial charge in [0.05, 0.1) is 12.1 Å². The molecule has 0 spiro atoms. The fraction of sp³-hybridized carbons (Fsp3) is 0.231. The number of nitrogens with one attached hydrogen (secondary N) is 1. The number of benzene rings is 2. The number of pyridine rings is 1. The predicted molar refractivity (Wildman–Crippen MR) is 136 cm³/mol. The maximum absolute atomic E-state index is 12.7.